The summed E-state index contributed by atoms with van der Waals surface area (Å²) in [5.74, 6) is 0.219. The number of piperidine rings is 1. The van der Waals surface area contributed by atoms with Gasteiger partial charge in [0.25, 0.3) is 5.91 Å². The highest BCUT2D eigenvalue weighted by atomic mass is 16.5. The summed E-state index contributed by atoms with van der Waals surface area (Å²) in [6, 6.07) is 0. The quantitative estimate of drug-likeness (QED) is 0.845. The highest BCUT2D eigenvalue weighted by Crippen LogP contribution is 2.13. The molecule has 0 aliphatic carbocycles. The summed E-state index contributed by atoms with van der Waals surface area (Å²) < 4.78 is 5.16. The second-order valence-corrected chi connectivity index (χ2v) is 4.22. The van der Waals surface area contributed by atoms with Crippen LogP contribution in [0.3, 0.4) is 0 Å². The van der Waals surface area contributed by atoms with Crippen LogP contribution in [0.15, 0.2) is 12.4 Å². The topological polar surface area (TPSA) is 75.5 Å². The fraction of sp³-hybridized carbons (Fsp3) is 0.583. The van der Waals surface area contributed by atoms with Crippen LogP contribution in [0.4, 0.5) is 0 Å². The van der Waals surface area contributed by atoms with Gasteiger partial charge in [-0.25, -0.2) is 9.97 Å². The highest BCUT2D eigenvalue weighted by Gasteiger charge is 2.24. The average Bonchev–Trinajstić information content (AvgIpc) is 2.39. The number of amides is 1. The van der Waals surface area contributed by atoms with Crippen molar-refractivity contribution < 1.29 is 14.6 Å². The largest absolute Gasteiger partial charge is 0.477 e. The SMILES string of the molecule is CCOc1cnc(C(=O)N2CCCC(O)C2)cn1. The van der Waals surface area contributed by atoms with Crippen molar-refractivity contribution in [3.8, 4) is 5.88 Å². The molecule has 1 aliphatic heterocycles. The van der Waals surface area contributed by atoms with E-state index in [1.807, 2.05) is 6.92 Å². The second-order valence-electron chi connectivity index (χ2n) is 4.22. The van der Waals surface area contributed by atoms with E-state index in [-0.39, 0.29) is 11.6 Å². The molecule has 18 heavy (non-hydrogen) atoms. The van der Waals surface area contributed by atoms with E-state index in [1.54, 1.807) is 4.90 Å². The summed E-state index contributed by atoms with van der Waals surface area (Å²) in [6.07, 6.45) is 3.99. The van der Waals surface area contributed by atoms with Crippen molar-refractivity contribution >= 4 is 5.91 Å². The Bertz CT molecular complexity index is 408. The van der Waals surface area contributed by atoms with Crippen LogP contribution in [-0.2, 0) is 0 Å². The van der Waals surface area contributed by atoms with Gasteiger partial charge in [-0.15, -0.1) is 0 Å². The zero-order valence-electron chi connectivity index (χ0n) is 10.4. The number of nitrogens with zero attached hydrogens (tertiary/aromatic N) is 3. The van der Waals surface area contributed by atoms with Crippen LogP contribution in [0.5, 0.6) is 5.88 Å². The lowest BCUT2D eigenvalue weighted by Crippen LogP contribution is -2.42. The monoisotopic (exact) mass is 251 g/mol. The summed E-state index contributed by atoms with van der Waals surface area (Å²) in [6.45, 7) is 3.40. The summed E-state index contributed by atoms with van der Waals surface area (Å²) in [4.78, 5) is 21.7. The Hall–Kier alpha value is -1.69. The number of carbonyl (C=O) groups is 1. The number of likely N-dealkylation sites (tertiary alicyclic amines) is 1. The van der Waals surface area contributed by atoms with Crippen LogP contribution in [0, 0.1) is 0 Å². The number of hydrogen-bond donors (Lipinski definition) is 1. The minimum atomic E-state index is -0.432. The van der Waals surface area contributed by atoms with E-state index >= 15 is 0 Å². The van der Waals surface area contributed by atoms with Crippen LogP contribution in [-0.4, -0.2) is 51.7 Å². The van der Waals surface area contributed by atoms with E-state index in [9.17, 15) is 9.90 Å². The lowest BCUT2D eigenvalue weighted by atomic mass is 10.1. The van der Waals surface area contributed by atoms with Gasteiger partial charge < -0.3 is 14.7 Å². The Morgan fingerprint density at radius 2 is 2.39 bits per heavy atom. The van der Waals surface area contributed by atoms with E-state index in [2.05, 4.69) is 9.97 Å². The zero-order chi connectivity index (χ0) is 13.0. The fourth-order valence-corrected chi connectivity index (χ4v) is 1.95. The van der Waals surface area contributed by atoms with Crippen LogP contribution < -0.4 is 4.74 Å². The summed E-state index contributed by atoms with van der Waals surface area (Å²) >= 11 is 0. The van der Waals surface area contributed by atoms with Gasteiger partial charge in [-0.05, 0) is 19.8 Å². The van der Waals surface area contributed by atoms with E-state index in [0.717, 1.165) is 12.8 Å². The van der Waals surface area contributed by atoms with Crippen molar-refractivity contribution in [2.24, 2.45) is 0 Å². The molecule has 0 radical (unpaired) electrons. The standard InChI is InChI=1S/C12H17N3O3/c1-2-18-11-7-13-10(6-14-11)12(17)15-5-3-4-9(16)8-15/h6-7,9,16H,2-5,8H2,1H3. The molecule has 1 fully saturated rings. The van der Waals surface area contributed by atoms with E-state index in [4.69, 9.17) is 4.74 Å². The molecule has 1 N–H and O–H groups in total. The molecule has 1 amide bonds. The minimum absolute atomic E-state index is 0.190. The van der Waals surface area contributed by atoms with E-state index in [1.165, 1.54) is 12.4 Å². The van der Waals surface area contributed by atoms with Gasteiger partial charge in [-0.3, -0.25) is 4.79 Å². The lowest BCUT2D eigenvalue weighted by Gasteiger charge is -2.29. The fourth-order valence-electron chi connectivity index (χ4n) is 1.95. The number of aliphatic hydroxyl groups is 1. The maximum Gasteiger partial charge on any atom is 0.274 e. The molecule has 6 heteroatoms. The Morgan fingerprint density at radius 1 is 1.56 bits per heavy atom. The first kappa shape index (κ1) is 12.8. The molecule has 0 bridgehead atoms. The molecule has 1 aromatic heterocycles. The Labute approximate surface area is 106 Å². The number of rotatable bonds is 3. The van der Waals surface area contributed by atoms with Gasteiger partial charge in [-0.1, -0.05) is 0 Å². The molecule has 0 saturated carbocycles. The Kier molecular flexibility index (Phi) is 4.09. The molecule has 0 spiro atoms. The number of ether oxygens (including phenoxy) is 1. The molecule has 1 unspecified atom stereocenters. The normalized spacial score (nSPS) is 19.7. The third kappa shape index (κ3) is 2.95. The van der Waals surface area contributed by atoms with Gasteiger partial charge in [0, 0.05) is 13.1 Å². The lowest BCUT2D eigenvalue weighted by molar-refractivity contribution is 0.0468. The summed E-state index contributed by atoms with van der Waals surface area (Å²) in [7, 11) is 0. The van der Waals surface area contributed by atoms with Crippen molar-refractivity contribution in [1.29, 1.82) is 0 Å². The smallest absolute Gasteiger partial charge is 0.274 e. The third-order valence-corrected chi connectivity index (χ3v) is 2.82. The first-order chi connectivity index (χ1) is 8.70. The van der Waals surface area contributed by atoms with Crippen molar-refractivity contribution in [2.45, 2.75) is 25.9 Å². The number of carbonyl (C=O) groups excluding carboxylic acids is 1. The maximum atomic E-state index is 12.1. The summed E-state index contributed by atoms with van der Waals surface area (Å²) in [5.41, 5.74) is 0.285. The molecule has 1 atom stereocenters. The van der Waals surface area contributed by atoms with Gasteiger partial charge in [0.2, 0.25) is 5.88 Å². The second kappa shape index (κ2) is 5.77. The number of aliphatic hydroxyl groups excluding tert-OH is 1. The zero-order valence-corrected chi connectivity index (χ0v) is 10.4. The molecule has 6 nitrogen and oxygen atoms in total. The molecule has 2 heterocycles. The van der Waals surface area contributed by atoms with Gasteiger partial charge in [0.05, 0.1) is 25.1 Å². The predicted octanol–water partition coefficient (Wildman–Crippen LogP) is 0.472. The number of β-amino-alcohol motifs (C(OH)–C–C–N with tert-alkyl or cyclic N) is 1. The minimum Gasteiger partial charge on any atom is -0.477 e. The molecular weight excluding hydrogens is 234 g/mol. The van der Waals surface area contributed by atoms with Crippen molar-refractivity contribution in [3.63, 3.8) is 0 Å². The van der Waals surface area contributed by atoms with Crippen molar-refractivity contribution in [2.75, 3.05) is 19.7 Å². The van der Waals surface area contributed by atoms with Gasteiger partial charge >= 0.3 is 0 Å². The van der Waals surface area contributed by atoms with Crippen LogP contribution in [0.2, 0.25) is 0 Å². The highest BCUT2D eigenvalue weighted by molar-refractivity contribution is 5.92. The molecule has 98 valence electrons. The first-order valence-electron chi connectivity index (χ1n) is 6.13. The summed E-state index contributed by atoms with van der Waals surface area (Å²) in [5, 5.41) is 9.54. The van der Waals surface area contributed by atoms with Crippen molar-refractivity contribution in [1.82, 2.24) is 14.9 Å². The third-order valence-electron chi connectivity index (χ3n) is 2.82. The molecule has 1 saturated heterocycles. The molecular formula is C12H17N3O3. The average molecular weight is 251 g/mol. The van der Waals surface area contributed by atoms with E-state index < -0.39 is 6.10 Å². The molecule has 1 aromatic rings. The number of hydrogen-bond acceptors (Lipinski definition) is 5. The van der Waals surface area contributed by atoms with Crippen molar-refractivity contribution in [3.05, 3.63) is 18.1 Å². The predicted molar refractivity (Wildman–Crippen MR) is 64.3 cm³/mol. The molecule has 2 rings (SSSR count). The molecule has 0 aromatic carbocycles. The first-order valence-corrected chi connectivity index (χ1v) is 6.13. The van der Waals surface area contributed by atoms with Gasteiger partial charge in [0.15, 0.2) is 0 Å². The molecule has 1 aliphatic rings. The Balaban J connectivity index is 2.03. The number of aromatic nitrogens is 2. The van der Waals surface area contributed by atoms with E-state index in [0.29, 0.717) is 25.6 Å². The van der Waals surface area contributed by atoms with Crippen LogP contribution in [0.25, 0.3) is 0 Å². The maximum absolute atomic E-state index is 12.1. The Morgan fingerprint density at radius 3 is 3.00 bits per heavy atom. The van der Waals surface area contributed by atoms with Crippen LogP contribution in [0.1, 0.15) is 30.3 Å². The van der Waals surface area contributed by atoms with Gasteiger partial charge in [-0.2, -0.15) is 0 Å². The van der Waals surface area contributed by atoms with Crippen LogP contribution >= 0.6 is 0 Å². The van der Waals surface area contributed by atoms with Gasteiger partial charge in [0.1, 0.15) is 5.69 Å².